The summed E-state index contributed by atoms with van der Waals surface area (Å²) >= 11 is 0. The number of hydrogen-bond donors (Lipinski definition) is 0. The van der Waals surface area contributed by atoms with Crippen molar-refractivity contribution >= 4 is 17.7 Å². The van der Waals surface area contributed by atoms with Crippen LogP contribution in [0.4, 0.5) is 0 Å². The second kappa shape index (κ2) is 7.87. The fourth-order valence-corrected chi connectivity index (χ4v) is 2.35. The lowest BCUT2D eigenvalue weighted by atomic mass is 10.2. The summed E-state index contributed by atoms with van der Waals surface area (Å²) in [5, 5.41) is 0. The van der Waals surface area contributed by atoms with Crippen molar-refractivity contribution < 1.29 is 14.4 Å². The Morgan fingerprint density at radius 1 is 0.900 bits per heavy atom. The van der Waals surface area contributed by atoms with E-state index in [0.29, 0.717) is 39.3 Å². The molecule has 0 aromatic heterocycles. The molecule has 1 saturated heterocycles. The van der Waals surface area contributed by atoms with Gasteiger partial charge in [0.25, 0.3) is 0 Å². The number of carbonyl (C=O) groups is 3. The van der Waals surface area contributed by atoms with Gasteiger partial charge in [0.1, 0.15) is 0 Å². The molecule has 0 radical (unpaired) electrons. The van der Waals surface area contributed by atoms with Crippen molar-refractivity contribution in [3.63, 3.8) is 0 Å². The van der Waals surface area contributed by atoms with Crippen LogP contribution in [0.5, 0.6) is 0 Å². The highest BCUT2D eigenvalue weighted by Crippen LogP contribution is 2.05. The minimum absolute atomic E-state index is 0.0158. The van der Waals surface area contributed by atoms with E-state index in [2.05, 4.69) is 0 Å². The Morgan fingerprint density at radius 2 is 1.35 bits per heavy atom. The van der Waals surface area contributed by atoms with Gasteiger partial charge in [-0.15, -0.1) is 0 Å². The molecule has 0 spiro atoms. The first-order valence-corrected chi connectivity index (χ1v) is 7.34. The topological polar surface area (TPSA) is 60.9 Å². The number of piperazine rings is 1. The van der Waals surface area contributed by atoms with Gasteiger partial charge in [0.2, 0.25) is 5.91 Å². The fraction of sp³-hybridized carbons (Fsp3) is 0.786. The van der Waals surface area contributed by atoms with Crippen LogP contribution in [0.1, 0.15) is 33.6 Å². The number of rotatable bonds is 4. The Morgan fingerprint density at radius 3 is 1.75 bits per heavy atom. The fourth-order valence-electron chi connectivity index (χ4n) is 2.35. The molecule has 0 N–H and O–H groups in total. The number of nitrogens with zero attached hydrogens (tertiary/aromatic N) is 3. The summed E-state index contributed by atoms with van der Waals surface area (Å²) in [7, 11) is 0. The maximum absolute atomic E-state index is 12.2. The average Bonchev–Trinajstić information content (AvgIpc) is 2.45. The molecular formula is C14H25N3O3. The summed E-state index contributed by atoms with van der Waals surface area (Å²) < 4.78 is 0. The van der Waals surface area contributed by atoms with Gasteiger partial charge < -0.3 is 14.7 Å². The summed E-state index contributed by atoms with van der Waals surface area (Å²) in [6.07, 6.45) is 1.69. The highest BCUT2D eigenvalue weighted by atomic mass is 16.2. The molecule has 1 fully saturated rings. The van der Waals surface area contributed by atoms with Crippen LogP contribution in [0.3, 0.4) is 0 Å². The molecule has 3 amide bonds. The molecule has 1 aliphatic rings. The largest absolute Gasteiger partial charge is 0.339 e. The summed E-state index contributed by atoms with van der Waals surface area (Å²) in [6, 6.07) is 0. The van der Waals surface area contributed by atoms with Gasteiger partial charge in [0.15, 0.2) is 0 Å². The summed E-state index contributed by atoms with van der Waals surface area (Å²) in [4.78, 5) is 40.5. The maximum atomic E-state index is 12.2. The molecule has 1 heterocycles. The Hall–Kier alpha value is -1.59. The maximum Gasteiger partial charge on any atom is 0.312 e. The lowest BCUT2D eigenvalue weighted by Gasteiger charge is -2.34. The molecule has 0 bridgehead atoms. The molecular weight excluding hydrogens is 258 g/mol. The van der Waals surface area contributed by atoms with Gasteiger partial charge >= 0.3 is 11.8 Å². The second-order valence-corrected chi connectivity index (χ2v) is 5.09. The van der Waals surface area contributed by atoms with Crippen LogP contribution in [0, 0.1) is 0 Å². The molecule has 20 heavy (non-hydrogen) atoms. The molecule has 6 heteroatoms. The van der Waals surface area contributed by atoms with E-state index in [1.807, 2.05) is 13.8 Å². The molecule has 0 atom stereocenters. The lowest BCUT2D eigenvalue weighted by molar-refractivity contribution is -0.153. The van der Waals surface area contributed by atoms with E-state index in [1.165, 1.54) is 6.92 Å². The van der Waals surface area contributed by atoms with Gasteiger partial charge in [-0.3, -0.25) is 14.4 Å². The summed E-state index contributed by atoms with van der Waals surface area (Å²) in [5.74, 6) is -0.831. The van der Waals surface area contributed by atoms with E-state index in [1.54, 1.807) is 14.7 Å². The van der Waals surface area contributed by atoms with E-state index >= 15 is 0 Å². The molecule has 114 valence electrons. The van der Waals surface area contributed by atoms with Crippen molar-refractivity contribution in [3.05, 3.63) is 0 Å². The first kappa shape index (κ1) is 16.5. The molecule has 0 aromatic rings. The molecule has 0 saturated carbocycles. The normalized spacial score (nSPS) is 15.2. The Kier molecular flexibility index (Phi) is 6.48. The van der Waals surface area contributed by atoms with Crippen LogP contribution in [-0.2, 0) is 14.4 Å². The van der Waals surface area contributed by atoms with E-state index in [4.69, 9.17) is 0 Å². The van der Waals surface area contributed by atoms with Crippen molar-refractivity contribution in [2.75, 3.05) is 39.3 Å². The van der Waals surface area contributed by atoms with E-state index in [-0.39, 0.29) is 5.91 Å². The van der Waals surface area contributed by atoms with Crippen LogP contribution in [0.15, 0.2) is 0 Å². The molecule has 6 nitrogen and oxygen atoms in total. The number of carbonyl (C=O) groups excluding carboxylic acids is 3. The van der Waals surface area contributed by atoms with Crippen molar-refractivity contribution in [2.45, 2.75) is 33.6 Å². The Balaban J connectivity index is 2.56. The lowest BCUT2D eigenvalue weighted by Crippen LogP contribution is -2.54. The molecule has 0 aliphatic carbocycles. The molecule has 1 aliphatic heterocycles. The summed E-state index contributed by atoms with van der Waals surface area (Å²) in [6.45, 7) is 8.64. The van der Waals surface area contributed by atoms with Gasteiger partial charge in [-0.2, -0.15) is 0 Å². The monoisotopic (exact) mass is 283 g/mol. The standard InChI is InChI=1S/C14H25N3O3/c1-4-6-16(7-5-2)13(19)14(20)17-10-8-15(9-11-17)12(3)18/h4-11H2,1-3H3. The zero-order valence-electron chi connectivity index (χ0n) is 12.7. The van der Waals surface area contributed by atoms with Gasteiger partial charge in [-0.05, 0) is 12.8 Å². The molecule has 0 unspecified atom stereocenters. The van der Waals surface area contributed by atoms with Crippen LogP contribution in [-0.4, -0.2) is 71.7 Å². The van der Waals surface area contributed by atoms with E-state index in [9.17, 15) is 14.4 Å². The smallest absolute Gasteiger partial charge is 0.312 e. The minimum Gasteiger partial charge on any atom is -0.339 e. The number of hydrogen-bond acceptors (Lipinski definition) is 3. The van der Waals surface area contributed by atoms with Gasteiger partial charge in [-0.25, -0.2) is 0 Å². The Bertz CT molecular complexity index is 357. The third-order valence-electron chi connectivity index (χ3n) is 3.47. The zero-order chi connectivity index (χ0) is 15.1. The molecule has 0 aromatic carbocycles. The van der Waals surface area contributed by atoms with Crippen molar-refractivity contribution in [1.82, 2.24) is 14.7 Å². The average molecular weight is 283 g/mol. The van der Waals surface area contributed by atoms with Crippen molar-refractivity contribution in [2.24, 2.45) is 0 Å². The van der Waals surface area contributed by atoms with Crippen molar-refractivity contribution in [1.29, 1.82) is 0 Å². The van der Waals surface area contributed by atoms with Gasteiger partial charge in [-0.1, -0.05) is 13.8 Å². The predicted octanol–water partition coefficient (Wildman–Crippen LogP) is 0.326. The predicted molar refractivity (Wildman–Crippen MR) is 76.0 cm³/mol. The van der Waals surface area contributed by atoms with Crippen LogP contribution < -0.4 is 0 Å². The SMILES string of the molecule is CCCN(CCC)C(=O)C(=O)N1CCN(C(C)=O)CC1. The molecule has 1 rings (SSSR count). The van der Waals surface area contributed by atoms with Crippen LogP contribution >= 0.6 is 0 Å². The summed E-state index contributed by atoms with van der Waals surface area (Å²) in [5.41, 5.74) is 0. The van der Waals surface area contributed by atoms with Gasteiger partial charge in [0, 0.05) is 46.2 Å². The highest BCUT2D eigenvalue weighted by molar-refractivity contribution is 6.34. The highest BCUT2D eigenvalue weighted by Gasteiger charge is 2.29. The second-order valence-electron chi connectivity index (χ2n) is 5.09. The minimum atomic E-state index is -0.435. The first-order chi connectivity index (χ1) is 9.51. The van der Waals surface area contributed by atoms with E-state index < -0.39 is 11.8 Å². The zero-order valence-corrected chi connectivity index (χ0v) is 12.7. The van der Waals surface area contributed by atoms with Gasteiger partial charge in [0.05, 0.1) is 0 Å². The number of amides is 3. The third kappa shape index (κ3) is 4.21. The quantitative estimate of drug-likeness (QED) is 0.698. The van der Waals surface area contributed by atoms with Crippen LogP contribution in [0.2, 0.25) is 0 Å². The van der Waals surface area contributed by atoms with E-state index in [0.717, 1.165) is 12.8 Å². The Labute approximate surface area is 120 Å². The third-order valence-corrected chi connectivity index (χ3v) is 3.47. The van der Waals surface area contributed by atoms with Crippen molar-refractivity contribution in [3.8, 4) is 0 Å². The first-order valence-electron chi connectivity index (χ1n) is 7.34. The van der Waals surface area contributed by atoms with Crippen LogP contribution in [0.25, 0.3) is 0 Å².